The number of carbonyl (C=O) groups is 1. The summed E-state index contributed by atoms with van der Waals surface area (Å²) in [5.41, 5.74) is 5.00. The number of pyridine rings is 2. The predicted octanol–water partition coefficient (Wildman–Crippen LogP) is 4.02. The summed E-state index contributed by atoms with van der Waals surface area (Å²) in [5, 5.41) is 12.7. The Balaban J connectivity index is 1.22. The van der Waals surface area contributed by atoms with Gasteiger partial charge in [0.15, 0.2) is 9.84 Å². The molecule has 1 atom stereocenters. The molecule has 2 N–H and O–H groups in total. The van der Waals surface area contributed by atoms with Crippen LogP contribution in [0, 0.1) is 0 Å². The van der Waals surface area contributed by atoms with Crippen LogP contribution >= 0.6 is 0 Å². The molecule has 3 aliphatic rings. The number of amides is 1. The second kappa shape index (κ2) is 10.2. The van der Waals surface area contributed by atoms with E-state index in [1.807, 2.05) is 6.07 Å². The number of nitrogens with zero attached hydrogens (tertiary/aromatic N) is 3. The SMILES string of the molecule is CCS(=O)(=O)c1ccc([C@H](CO)NC(=O)c2ccc3c(n2)OCCN3c2cc(C3CC3)nc(C3CC3)c2)cc1. The fourth-order valence-electron chi connectivity index (χ4n) is 4.92. The lowest BCUT2D eigenvalue weighted by Gasteiger charge is -2.31. The minimum absolute atomic E-state index is 0.000528. The lowest BCUT2D eigenvalue weighted by molar-refractivity contribution is 0.0910. The topological polar surface area (TPSA) is 122 Å². The number of ether oxygens (including phenoxy) is 1. The van der Waals surface area contributed by atoms with Gasteiger partial charge >= 0.3 is 0 Å². The summed E-state index contributed by atoms with van der Waals surface area (Å²) in [6.45, 7) is 2.35. The minimum atomic E-state index is -3.34. The van der Waals surface area contributed by atoms with E-state index in [1.54, 1.807) is 25.1 Å². The summed E-state index contributed by atoms with van der Waals surface area (Å²) in [7, 11) is -3.34. The van der Waals surface area contributed by atoms with Gasteiger partial charge < -0.3 is 20.1 Å². The van der Waals surface area contributed by atoms with Gasteiger partial charge in [0, 0.05) is 28.9 Å². The highest BCUT2D eigenvalue weighted by Gasteiger charge is 2.32. The summed E-state index contributed by atoms with van der Waals surface area (Å²) in [4.78, 5) is 25.0. The monoisotopic (exact) mass is 548 g/mol. The van der Waals surface area contributed by atoms with Gasteiger partial charge in [-0.3, -0.25) is 9.78 Å². The summed E-state index contributed by atoms with van der Waals surface area (Å²) < 4.78 is 30.1. The molecule has 2 fully saturated rings. The molecule has 6 rings (SSSR count). The molecule has 0 bridgehead atoms. The Kier molecular flexibility index (Phi) is 6.76. The maximum Gasteiger partial charge on any atom is 0.270 e. The molecule has 39 heavy (non-hydrogen) atoms. The van der Waals surface area contributed by atoms with Crippen LogP contribution in [-0.2, 0) is 9.84 Å². The number of aliphatic hydroxyl groups excluding tert-OH is 1. The smallest absolute Gasteiger partial charge is 0.270 e. The lowest BCUT2D eigenvalue weighted by Crippen LogP contribution is -2.33. The molecule has 1 aromatic carbocycles. The maximum absolute atomic E-state index is 13.1. The number of hydrogen-bond acceptors (Lipinski definition) is 8. The number of nitrogens with one attached hydrogen (secondary N) is 1. The Morgan fingerprint density at radius 3 is 2.31 bits per heavy atom. The van der Waals surface area contributed by atoms with Crippen molar-refractivity contribution in [2.24, 2.45) is 0 Å². The Morgan fingerprint density at radius 2 is 1.72 bits per heavy atom. The van der Waals surface area contributed by atoms with E-state index >= 15 is 0 Å². The molecule has 10 heteroatoms. The van der Waals surface area contributed by atoms with E-state index in [0.29, 0.717) is 36.4 Å². The fraction of sp³-hybridized carbons (Fsp3) is 0.414. The number of anilines is 2. The first-order chi connectivity index (χ1) is 18.9. The van der Waals surface area contributed by atoms with Crippen molar-refractivity contribution in [2.75, 3.05) is 30.4 Å². The molecule has 2 saturated carbocycles. The van der Waals surface area contributed by atoms with Gasteiger partial charge in [-0.05, 0) is 67.6 Å². The molecule has 2 aromatic heterocycles. The third-order valence-corrected chi connectivity index (χ3v) is 9.33. The summed E-state index contributed by atoms with van der Waals surface area (Å²) in [6, 6.07) is 13.3. The highest BCUT2D eigenvalue weighted by Crippen LogP contribution is 2.46. The third kappa shape index (κ3) is 5.35. The van der Waals surface area contributed by atoms with E-state index in [9.17, 15) is 18.3 Å². The van der Waals surface area contributed by atoms with E-state index in [4.69, 9.17) is 9.72 Å². The van der Waals surface area contributed by atoms with Gasteiger partial charge in [0.2, 0.25) is 5.88 Å². The third-order valence-electron chi connectivity index (χ3n) is 7.58. The molecule has 2 aliphatic carbocycles. The molecule has 9 nitrogen and oxygen atoms in total. The van der Waals surface area contributed by atoms with Gasteiger partial charge in [-0.1, -0.05) is 19.1 Å². The van der Waals surface area contributed by atoms with Gasteiger partial charge in [0.1, 0.15) is 18.0 Å². The van der Waals surface area contributed by atoms with Crippen molar-refractivity contribution in [3.63, 3.8) is 0 Å². The molecule has 0 saturated heterocycles. The molecule has 3 heterocycles. The maximum atomic E-state index is 13.1. The van der Waals surface area contributed by atoms with Crippen molar-refractivity contribution in [3.8, 4) is 5.88 Å². The summed E-state index contributed by atoms with van der Waals surface area (Å²) in [5.74, 6) is 1.04. The number of benzene rings is 1. The largest absolute Gasteiger partial charge is 0.474 e. The first-order valence-corrected chi connectivity index (χ1v) is 15.2. The average Bonchev–Trinajstić information content (AvgIpc) is 3.88. The first kappa shape index (κ1) is 25.8. The van der Waals surface area contributed by atoms with E-state index in [0.717, 1.165) is 11.4 Å². The Morgan fingerprint density at radius 1 is 1.05 bits per heavy atom. The van der Waals surface area contributed by atoms with E-state index < -0.39 is 21.8 Å². The molecule has 204 valence electrons. The average molecular weight is 549 g/mol. The molecule has 3 aromatic rings. The van der Waals surface area contributed by atoms with Crippen molar-refractivity contribution in [3.05, 3.63) is 71.2 Å². The van der Waals surface area contributed by atoms with Crippen LogP contribution in [0.15, 0.2) is 53.4 Å². The van der Waals surface area contributed by atoms with Crippen LogP contribution in [0.1, 0.15) is 77.9 Å². The Hall–Kier alpha value is -3.50. The van der Waals surface area contributed by atoms with Gasteiger partial charge in [-0.2, -0.15) is 0 Å². The number of carbonyl (C=O) groups excluding carboxylic acids is 1. The molecular weight excluding hydrogens is 516 g/mol. The van der Waals surface area contributed by atoms with Crippen LogP contribution in [0.5, 0.6) is 5.88 Å². The number of sulfone groups is 1. The van der Waals surface area contributed by atoms with Crippen molar-refractivity contribution >= 4 is 27.1 Å². The lowest BCUT2D eigenvalue weighted by atomic mass is 10.1. The van der Waals surface area contributed by atoms with Crippen molar-refractivity contribution < 1.29 is 23.1 Å². The highest BCUT2D eigenvalue weighted by atomic mass is 32.2. The van der Waals surface area contributed by atoms with Crippen LogP contribution in [0.4, 0.5) is 11.4 Å². The predicted molar refractivity (Wildman–Crippen MR) is 146 cm³/mol. The zero-order valence-electron chi connectivity index (χ0n) is 21.8. The Bertz CT molecular complexity index is 1470. The highest BCUT2D eigenvalue weighted by molar-refractivity contribution is 7.91. The van der Waals surface area contributed by atoms with Gasteiger partial charge in [0.25, 0.3) is 5.91 Å². The van der Waals surface area contributed by atoms with Crippen LogP contribution < -0.4 is 15.0 Å². The quantitative estimate of drug-likeness (QED) is 0.411. The zero-order chi connectivity index (χ0) is 27.1. The molecule has 0 radical (unpaired) electrons. The standard InChI is InChI=1S/C29H32N4O5S/c1-2-39(36,37)22-9-7-20(8-10-22)26(17-34)31-28(35)23-11-12-27-29(32-23)38-14-13-33(27)21-15-24(18-3-4-18)30-25(16-21)19-5-6-19/h7-12,15-16,18-19,26,34H,2-6,13-14,17H2,1H3,(H,31,35)/t26-/m0/s1. The number of hydrogen-bond donors (Lipinski definition) is 2. The number of aliphatic hydroxyl groups is 1. The molecule has 0 spiro atoms. The molecule has 1 aliphatic heterocycles. The normalized spacial score (nSPS) is 17.7. The number of aromatic nitrogens is 2. The van der Waals surface area contributed by atoms with Crippen LogP contribution in [0.3, 0.4) is 0 Å². The van der Waals surface area contributed by atoms with Crippen LogP contribution in [0.2, 0.25) is 0 Å². The van der Waals surface area contributed by atoms with Crippen LogP contribution in [-0.4, -0.2) is 54.9 Å². The van der Waals surface area contributed by atoms with Gasteiger partial charge in [0.05, 0.1) is 29.8 Å². The summed E-state index contributed by atoms with van der Waals surface area (Å²) in [6.07, 6.45) is 4.77. The number of fused-ring (bicyclic) bond motifs is 1. The molecule has 0 unspecified atom stereocenters. The van der Waals surface area contributed by atoms with Crippen molar-refractivity contribution in [1.82, 2.24) is 15.3 Å². The zero-order valence-corrected chi connectivity index (χ0v) is 22.7. The van der Waals surface area contributed by atoms with E-state index in [2.05, 4.69) is 27.3 Å². The second-order valence-electron chi connectivity index (χ2n) is 10.4. The summed E-state index contributed by atoms with van der Waals surface area (Å²) >= 11 is 0. The molecular formula is C29H32N4O5S. The van der Waals surface area contributed by atoms with Gasteiger partial charge in [-0.25, -0.2) is 13.4 Å². The fourth-order valence-corrected chi connectivity index (χ4v) is 5.81. The Labute approximate surface area is 228 Å². The van der Waals surface area contributed by atoms with Crippen molar-refractivity contribution in [2.45, 2.75) is 55.4 Å². The molecule has 1 amide bonds. The second-order valence-corrected chi connectivity index (χ2v) is 12.7. The van der Waals surface area contributed by atoms with Crippen molar-refractivity contribution in [1.29, 1.82) is 0 Å². The van der Waals surface area contributed by atoms with Gasteiger partial charge in [-0.15, -0.1) is 0 Å². The number of rotatable bonds is 9. The first-order valence-electron chi connectivity index (χ1n) is 13.5. The minimum Gasteiger partial charge on any atom is -0.474 e. The van der Waals surface area contributed by atoms with Crippen LogP contribution in [0.25, 0.3) is 0 Å². The van der Waals surface area contributed by atoms with E-state index in [1.165, 1.54) is 49.2 Å². The van der Waals surface area contributed by atoms with E-state index in [-0.39, 0.29) is 22.9 Å².